The number of amides is 1. The molecule has 3 heterocycles. The summed E-state index contributed by atoms with van der Waals surface area (Å²) in [5.74, 6) is -0.701. The number of thiophene rings is 1. The highest BCUT2D eigenvalue weighted by molar-refractivity contribution is 7.16. The summed E-state index contributed by atoms with van der Waals surface area (Å²) in [6, 6.07) is 5.10. The lowest BCUT2D eigenvalue weighted by Crippen LogP contribution is -2.22. The van der Waals surface area contributed by atoms with Crippen LogP contribution in [0.1, 0.15) is 26.5 Å². The van der Waals surface area contributed by atoms with E-state index in [-0.39, 0.29) is 11.4 Å². The van der Waals surface area contributed by atoms with Gasteiger partial charge in [0.1, 0.15) is 16.8 Å². The molecule has 3 rings (SSSR count). The summed E-state index contributed by atoms with van der Waals surface area (Å²) in [5, 5.41) is 25.4. The zero-order valence-electron chi connectivity index (χ0n) is 11.0. The van der Waals surface area contributed by atoms with E-state index in [1.165, 1.54) is 23.6 Å². The summed E-state index contributed by atoms with van der Waals surface area (Å²) in [5.41, 5.74) is 1.47. The van der Waals surface area contributed by atoms with E-state index in [1.54, 1.807) is 6.07 Å². The molecule has 2 aromatic rings. The van der Waals surface area contributed by atoms with Crippen LogP contribution in [0, 0.1) is 11.3 Å². The number of nitriles is 1. The number of aromatic hydroxyl groups is 1. The van der Waals surface area contributed by atoms with Crippen molar-refractivity contribution in [3.63, 3.8) is 0 Å². The minimum Gasteiger partial charge on any atom is -0.505 e. The van der Waals surface area contributed by atoms with Crippen LogP contribution >= 0.6 is 11.3 Å². The van der Waals surface area contributed by atoms with Crippen molar-refractivity contribution in [3.05, 3.63) is 40.0 Å². The Morgan fingerprint density at radius 1 is 1.57 bits per heavy atom. The number of anilines is 1. The van der Waals surface area contributed by atoms with Crippen molar-refractivity contribution < 1.29 is 9.90 Å². The molecule has 0 unspecified atom stereocenters. The Hall–Kier alpha value is -2.43. The van der Waals surface area contributed by atoms with E-state index in [2.05, 4.69) is 21.7 Å². The van der Waals surface area contributed by atoms with Crippen molar-refractivity contribution in [3.8, 4) is 11.8 Å². The smallest absolute Gasteiger partial charge is 0.278 e. The third kappa shape index (κ3) is 2.46. The summed E-state index contributed by atoms with van der Waals surface area (Å²) in [6.45, 7) is 1.53. The van der Waals surface area contributed by atoms with Gasteiger partial charge in [0.25, 0.3) is 5.91 Å². The quantitative estimate of drug-likeness (QED) is 0.783. The molecule has 0 aliphatic carbocycles. The summed E-state index contributed by atoms with van der Waals surface area (Å²) >= 11 is 1.39. The van der Waals surface area contributed by atoms with Gasteiger partial charge >= 0.3 is 0 Å². The Morgan fingerprint density at radius 2 is 2.43 bits per heavy atom. The number of carbonyl (C=O) groups is 1. The Labute approximate surface area is 125 Å². The van der Waals surface area contributed by atoms with E-state index in [9.17, 15) is 15.2 Å². The average Bonchev–Trinajstić information content (AvgIpc) is 2.84. The predicted molar refractivity (Wildman–Crippen MR) is 78.3 cm³/mol. The lowest BCUT2D eigenvalue weighted by molar-refractivity contribution is 0.102. The number of hydrogen-bond acceptors (Lipinski definition) is 6. The molecule has 0 saturated heterocycles. The third-order valence-corrected chi connectivity index (χ3v) is 4.42. The first-order chi connectivity index (χ1) is 10.2. The fourth-order valence-electron chi connectivity index (χ4n) is 2.28. The van der Waals surface area contributed by atoms with E-state index < -0.39 is 5.91 Å². The van der Waals surface area contributed by atoms with E-state index in [0.717, 1.165) is 23.4 Å². The number of aromatic nitrogens is 1. The van der Waals surface area contributed by atoms with Crippen molar-refractivity contribution in [1.29, 1.82) is 5.26 Å². The standard InChI is InChI=1S/C14H12N4O2S/c15-6-9-8-3-5-16-7-11(8)21-14(9)18-13(20)12-10(19)2-1-4-17-12/h1-2,4,16,19H,3,5,7H2,(H,18,20). The first-order valence-electron chi connectivity index (χ1n) is 6.41. The number of hydrogen-bond donors (Lipinski definition) is 3. The van der Waals surface area contributed by atoms with Crippen LogP contribution < -0.4 is 10.6 Å². The normalized spacial score (nSPS) is 13.3. The van der Waals surface area contributed by atoms with Crippen LogP contribution in [-0.4, -0.2) is 22.5 Å². The molecule has 0 saturated carbocycles. The maximum absolute atomic E-state index is 12.2. The largest absolute Gasteiger partial charge is 0.505 e. The van der Waals surface area contributed by atoms with Crippen molar-refractivity contribution in [2.75, 3.05) is 11.9 Å². The molecule has 0 spiro atoms. The van der Waals surface area contributed by atoms with Crippen LogP contribution in [0.5, 0.6) is 5.75 Å². The number of pyridine rings is 1. The Bertz CT molecular complexity index is 748. The maximum Gasteiger partial charge on any atom is 0.278 e. The van der Waals surface area contributed by atoms with Crippen LogP contribution in [0.4, 0.5) is 5.00 Å². The van der Waals surface area contributed by atoms with Crippen LogP contribution in [0.3, 0.4) is 0 Å². The topological polar surface area (TPSA) is 98.0 Å². The van der Waals surface area contributed by atoms with E-state index in [0.29, 0.717) is 17.1 Å². The van der Waals surface area contributed by atoms with Crippen LogP contribution in [0.25, 0.3) is 0 Å². The first kappa shape index (κ1) is 13.5. The molecule has 106 valence electrons. The van der Waals surface area contributed by atoms with Crippen molar-refractivity contribution in [1.82, 2.24) is 10.3 Å². The van der Waals surface area contributed by atoms with Crippen LogP contribution in [-0.2, 0) is 13.0 Å². The van der Waals surface area contributed by atoms with Gasteiger partial charge in [-0.25, -0.2) is 4.98 Å². The highest BCUT2D eigenvalue weighted by Gasteiger charge is 2.22. The van der Waals surface area contributed by atoms with Gasteiger partial charge < -0.3 is 15.7 Å². The Kier molecular flexibility index (Phi) is 3.56. The summed E-state index contributed by atoms with van der Waals surface area (Å²) in [7, 11) is 0. The molecule has 0 atom stereocenters. The highest BCUT2D eigenvalue weighted by atomic mass is 32.1. The SMILES string of the molecule is N#Cc1c(NC(=O)c2ncccc2O)sc2c1CCNC2. The Morgan fingerprint density at radius 3 is 3.19 bits per heavy atom. The van der Waals surface area contributed by atoms with Gasteiger partial charge in [-0.2, -0.15) is 5.26 Å². The molecule has 0 bridgehead atoms. The highest BCUT2D eigenvalue weighted by Crippen LogP contribution is 2.35. The first-order valence-corrected chi connectivity index (χ1v) is 7.23. The predicted octanol–water partition coefficient (Wildman–Crippen LogP) is 1.62. The lowest BCUT2D eigenvalue weighted by Gasteiger charge is -2.11. The molecular weight excluding hydrogens is 288 g/mol. The van der Waals surface area contributed by atoms with E-state index in [1.807, 2.05) is 0 Å². The molecule has 0 aromatic carbocycles. The Balaban J connectivity index is 1.92. The van der Waals surface area contributed by atoms with Crippen LogP contribution in [0.15, 0.2) is 18.3 Å². The molecule has 2 aromatic heterocycles. The summed E-state index contributed by atoms with van der Waals surface area (Å²) < 4.78 is 0. The molecule has 1 aliphatic heterocycles. The number of nitrogens with zero attached hydrogens (tertiary/aromatic N) is 2. The van der Waals surface area contributed by atoms with Gasteiger partial charge in [-0.3, -0.25) is 4.79 Å². The molecule has 1 amide bonds. The summed E-state index contributed by atoms with van der Waals surface area (Å²) in [4.78, 5) is 17.1. The minimum absolute atomic E-state index is 0.0501. The number of fused-ring (bicyclic) bond motifs is 1. The van der Waals surface area contributed by atoms with Crippen LogP contribution in [0.2, 0.25) is 0 Å². The minimum atomic E-state index is -0.517. The number of rotatable bonds is 2. The number of nitrogens with one attached hydrogen (secondary N) is 2. The zero-order chi connectivity index (χ0) is 14.8. The summed E-state index contributed by atoms with van der Waals surface area (Å²) in [6.07, 6.45) is 2.21. The zero-order valence-corrected chi connectivity index (χ0v) is 11.8. The second-order valence-electron chi connectivity index (χ2n) is 4.57. The monoisotopic (exact) mass is 300 g/mol. The van der Waals surface area contributed by atoms with Gasteiger partial charge in [0, 0.05) is 17.6 Å². The van der Waals surface area contributed by atoms with Gasteiger partial charge in [-0.15, -0.1) is 11.3 Å². The molecular formula is C14H12N4O2S. The van der Waals surface area contributed by atoms with Gasteiger partial charge in [-0.1, -0.05) is 0 Å². The average molecular weight is 300 g/mol. The molecule has 0 fully saturated rings. The molecule has 6 nitrogen and oxygen atoms in total. The molecule has 7 heteroatoms. The molecule has 21 heavy (non-hydrogen) atoms. The van der Waals surface area contributed by atoms with Gasteiger partial charge in [-0.05, 0) is 30.7 Å². The molecule has 1 aliphatic rings. The van der Waals surface area contributed by atoms with E-state index in [4.69, 9.17) is 0 Å². The van der Waals surface area contributed by atoms with E-state index >= 15 is 0 Å². The third-order valence-electron chi connectivity index (χ3n) is 3.27. The van der Waals surface area contributed by atoms with Gasteiger partial charge in [0.05, 0.1) is 5.56 Å². The van der Waals surface area contributed by atoms with Crippen molar-refractivity contribution in [2.45, 2.75) is 13.0 Å². The maximum atomic E-state index is 12.2. The lowest BCUT2D eigenvalue weighted by atomic mass is 10.1. The molecule has 3 N–H and O–H groups in total. The number of carbonyl (C=O) groups excluding carboxylic acids is 1. The van der Waals surface area contributed by atoms with Gasteiger partial charge in [0.15, 0.2) is 5.69 Å². The fraction of sp³-hybridized carbons (Fsp3) is 0.214. The van der Waals surface area contributed by atoms with Crippen molar-refractivity contribution >= 4 is 22.2 Å². The second-order valence-corrected chi connectivity index (χ2v) is 5.68. The van der Waals surface area contributed by atoms with Gasteiger partial charge in [0.2, 0.25) is 0 Å². The second kappa shape index (κ2) is 5.52. The molecule has 0 radical (unpaired) electrons. The fourth-order valence-corrected chi connectivity index (χ4v) is 3.44. The van der Waals surface area contributed by atoms with Crippen molar-refractivity contribution in [2.24, 2.45) is 0 Å².